The van der Waals surface area contributed by atoms with Crippen molar-refractivity contribution in [3.05, 3.63) is 258 Å². The number of hydrogen-bond donors (Lipinski definition) is 1. The Morgan fingerprint density at radius 2 is 0.787 bits per heavy atom. The van der Waals surface area contributed by atoms with Crippen molar-refractivity contribution in [2.45, 2.75) is 41.5 Å². The summed E-state index contributed by atoms with van der Waals surface area (Å²) in [5.74, 6) is 1.76. The molecule has 8 aromatic carbocycles. The van der Waals surface area contributed by atoms with E-state index >= 15 is 0 Å². The van der Waals surface area contributed by atoms with Crippen LogP contribution < -0.4 is 4.74 Å². The van der Waals surface area contributed by atoms with Gasteiger partial charge in [0.1, 0.15) is 39.8 Å². The number of hydrogen-bond acceptors (Lipinski definition) is 8. The van der Waals surface area contributed by atoms with E-state index < -0.39 is 0 Å². The number of phenolic OH excluding ortho intramolecular Hbond substituents is 1. The highest BCUT2D eigenvalue weighted by Gasteiger charge is 2.21. The number of aryl methyl sites for hydroxylation is 6. The van der Waals surface area contributed by atoms with Crippen LogP contribution in [0.3, 0.4) is 0 Å². The van der Waals surface area contributed by atoms with E-state index in [0.717, 1.165) is 126 Å². The number of ether oxygens (including phenoxy) is 1. The fourth-order valence-corrected chi connectivity index (χ4v) is 14.3. The Morgan fingerprint density at radius 1 is 0.360 bits per heavy atom. The van der Waals surface area contributed by atoms with Gasteiger partial charge in [0.2, 0.25) is 0 Å². The summed E-state index contributed by atoms with van der Waals surface area (Å²) in [6.07, 6.45) is 19.0. The van der Waals surface area contributed by atoms with Crippen LogP contribution in [0, 0.1) is 41.5 Å². The highest BCUT2D eigenvalue weighted by atomic mass is 79.9. The van der Waals surface area contributed by atoms with Crippen molar-refractivity contribution in [1.29, 1.82) is 0 Å². The number of pyridine rings is 6. The van der Waals surface area contributed by atoms with Crippen LogP contribution in [0.4, 0.5) is 0 Å². The molecule has 0 spiro atoms. The Balaban J connectivity index is 0.000000119. The molecule has 18 aromatic rings. The molecule has 0 saturated carbocycles. The van der Waals surface area contributed by atoms with Gasteiger partial charge in [-0.1, -0.05) is 93.8 Å². The Morgan fingerprint density at radius 3 is 1.29 bits per heavy atom. The average Bonchev–Trinajstić information content (AvgIpc) is 1.86. The van der Waals surface area contributed by atoms with Crippen LogP contribution in [0.2, 0.25) is 0 Å². The number of phenols is 1. The van der Waals surface area contributed by atoms with Gasteiger partial charge in [0, 0.05) is 108 Å². The maximum atomic E-state index is 10.1. The van der Waals surface area contributed by atoms with Gasteiger partial charge in [0.05, 0.1) is 45.8 Å². The highest BCUT2D eigenvalue weighted by Crippen LogP contribution is 2.41. The molecule has 0 aliphatic rings. The van der Waals surface area contributed by atoms with Gasteiger partial charge < -0.3 is 9.84 Å². The minimum absolute atomic E-state index is 0.256. The van der Waals surface area contributed by atoms with E-state index in [2.05, 4.69) is 204 Å². The van der Waals surface area contributed by atoms with Crippen LogP contribution in [0.25, 0.3) is 132 Å². The summed E-state index contributed by atoms with van der Waals surface area (Å²) in [6.45, 7) is 13.0. The zero-order chi connectivity index (χ0) is 60.3. The molecule has 12 nitrogen and oxygen atoms in total. The molecular weight excluding hydrogens is 1160 g/mol. The lowest BCUT2D eigenvalue weighted by Gasteiger charge is -2.15. The minimum atomic E-state index is 0.256. The molecule has 89 heavy (non-hydrogen) atoms. The van der Waals surface area contributed by atoms with E-state index in [1.807, 2.05) is 104 Å². The minimum Gasteiger partial charge on any atom is -0.508 e. The lowest BCUT2D eigenvalue weighted by Crippen LogP contribution is -1.97. The van der Waals surface area contributed by atoms with Crippen LogP contribution in [0.1, 0.15) is 33.4 Å². The Hall–Kier alpha value is -11.0. The predicted molar refractivity (Wildman–Crippen MR) is 365 cm³/mol. The first kappa shape index (κ1) is 53.5. The second kappa shape index (κ2) is 20.9. The van der Waals surface area contributed by atoms with Gasteiger partial charge in [-0.3, -0.25) is 27.6 Å². The SMILES string of the molecule is Brc1ccc2c3cnccc3n3ccnc3c2c1.Cc1cc(C)c(-c2cnc3c4cc(O)ccc4c4ccccc4n23)c(C)c1.Cc1cc(C)c(-c2cnc3c4cc(Oc5ccc6c7cnccc7n7ccnc7c6c5)ccc4c4ccccc4n23)c(C)c1. The quantitative estimate of drug-likeness (QED) is 0.173. The summed E-state index contributed by atoms with van der Waals surface area (Å²) in [5.41, 5.74) is 20.3. The Bertz CT molecular complexity index is 5930. The van der Waals surface area contributed by atoms with Crippen molar-refractivity contribution in [3.8, 4) is 39.8 Å². The van der Waals surface area contributed by atoms with E-state index in [1.54, 1.807) is 6.07 Å². The summed E-state index contributed by atoms with van der Waals surface area (Å²) in [7, 11) is 0. The normalized spacial score (nSPS) is 11.8. The first-order chi connectivity index (χ1) is 43.4. The zero-order valence-electron chi connectivity index (χ0n) is 49.5. The molecule has 0 aliphatic heterocycles. The fraction of sp³-hybridized carbons (Fsp3) is 0.0789. The molecule has 428 valence electrons. The molecular formula is C76H55BrN10O2. The van der Waals surface area contributed by atoms with Crippen molar-refractivity contribution < 1.29 is 9.84 Å². The lowest BCUT2D eigenvalue weighted by atomic mass is 9.97. The zero-order valence-corrected chi connectivity index (χ0v) is 51.1. The molecule has 0 aliphatic carbocycles. The van der Waals surface area contributed by atoms with Crippen LogP contribution in [0.15, 0.2) is 224 Å². The average molecular weight is 1220 g/mol. The first-order valence-electron chi connectivity index (χ1n) is 29.5. The summed E-state index contributed by atoms with van der Waals surface area (Å²) in [5, 5.41) is 23.3. The largest absolute Gasteiger partial charge is 0.508 e. The van der Waals surface area contributed by atoms with Crippen LogP contribution in [0.5, 0.6) is 17.2 Å². The topological polar surface area (TPSA) is 124 Å². The second-order valence-electron chi connectivity index (χ2n) is 23.2. The van der Waals surface area contributed by atoms with Crippen LogP contribution >= 0.6 is 15.9 Å². The number of fused-ring (bicyclic) bond motifs is 24. The van der Waals surface area contributed by atoms with Crippen molar-refractivity contribution in [2.24, 2.45) is 0 Å². The summed E-state index contributed by atoms with van der Waals surface area (Å²) in [6, 6.07) is 54.2. The van der Waals surface area contributed by atoms with E-state index in [0.29, 0.717) is 0 Å². The van der Waals surface area contributed by atoms with Crippen LogP contribution in [-0.4, -0.2) is 52.6 Å². The third-order valence-electron chi connectivity index (χ3n) is 17.4. The van der Waals surface area contributed by atoms with E-state index in [1.165, 1.54) is 55.3 Å². The summed E-state index contributed by atoms with van der Waals surface area (Å²) in [4.78, 5) is 27.5. The molecule has 10 heterocycles. The molecule has 0 fully saturated rings. The number of halogens is 1. The van der Waals surface area contributed by atoms with Crippen molar-refractivity contribution in [2.75, 3.05) is 0 Å². The monoisotopic (exact) mass is 1220 g/mol. The van der Waals surface area contributed by atoms with Gasteiger partial charge in [0.15, 0.2) is 0 Å². The molecule has 0 atom stereocenters. The Labute approximate surface area is 518 Å². The van der Waals surface area contributed by atoms with Gasteiger partial charge in [-0.15, -0.1) is 0 Å². The van der Waals surface area contributed by atoms with Gasteiger partial charge in [-0.2, -0.15) is 0 Å². The molecule has 10 aromatic heterocycles. The fourth-order valence-electron chi connectivity index (χ4n) is 13.9. The van der Waals surface area contributed by atoms with Gasteiger partial charge in [0.25, 0.3) is 0 Å². The highest BCUT2D eigenvalue weighted by molar-refractivity contribution is 9.10. The molecule has 18 rings (SSSR count). The summed E-state index contributed by atoms with van der Waals surface area (Å²) >= 11 is 3.52. The molecule has 0 radical (unpaired) electrons. The van der Waals surface area contributed by atoms with Crippen molar-refractivity contribution >= 4 is 125 Å². The summed E-state index contributed by atoms with van der Waals surface area (Å²) < 4.78 is 16.3. The first-order valence-corrected chi connectivity index (χ1v) is 30.3. The molecule has 1 N–H and O–H groups in total. The van der Waals surface area contributed by atoms with Crippen LogP contribution in [-0.2, 0) is 0 Å². The van der Waals surface area contributed by atoms with Gasteiger partial charge in [-0.25, -0.2) is 19.9 Å². The standard InChI is InChI=1S/C38H27N5O.C24H20N2O.C14H8BrN3/c1-22-16-23(2)36(24(3)17-22)35-21-41-38-31-19-26(8-10-27(31)29-6-4-5-7-34(29)43(35)38)44-25-9-11-28-30(18-25)37-40-14-15-42(37)33-12-13-39-20-32(28)33;1-14-10-15(2)23(16(3)11-14)22-13-25-24-20-12-17(27)8-9-18(20)19-6-4-5-7-21(19)26(22)24;15-9-1-2-10-11(7-9)14-17-5-6-18(14)13-3-4-16-8-12(10)13/h4-21H,1-3H3;4-13,27H,1-3H3;1-8H. The number of para-hydroxylation sites is 2. The van der Waals surface area contributed by atoms with Crippen molar-refractivity contribution in [1.82, 2.24) is 47.5 Å². The molecule has 0 amide bonds. The second-order valence-corrected chi connectivity index (χ2v) is 24.1. The van der Waals surface area contributed by atoms with Crippen molar-refractivity contribution in [3.63, 3.8) is 0 Å². The van der Waals surface area contributed by atoms with Gasteiger partial charge in [-0.05, 0) is 176 Å². The number of aromatic nitrogens is 10. The molecule has 0 saturated heterocycles. The number of rotatable bonds is 4. The maximum Gasteiger partial charge on any atom is 0.145 e. The number of nitrogens with zero attached hydrogens (tertiary/aromatic N) is 10. The molecule has 0 bridgehead atoms. The Kier molecular flexibility index (Phi) is 12.5. The van der Waals surface area contributed by atoms with E-state index in [4.69, 9.17) is 14.7 Å². The van der Waals surface area contributed by atoms with Gasteiger partial charge >= 0.3 is 0 Å². The maximum absolute atomic E-state index is 10.1. The third kappa shape index (κ3) is 8.70. The van der Waals surface area contributed by atoms with E-state index in [-0.39, 0.29) is 5.75 Å². The smallest absolute Gasteiger partial charge is 0.145 e. The third-order valence-corrected chi connectivity index (χ3v) is 17.9. The van der Waals surface area contributed by atoms with E-state index in [9.17, 15) is 5.11 Å². The lowest BCUT2D eigenvalue weighted by molar-refractivity contribution is 0.476. The number of aromatic hydroxyl groups is 1. The molecule has 13 heteroatoms. The predicted octanol–water partition coefficient (Wildman–Crippen LogP) is 19.1. The number of benzene rings is 8. The number of imidazole rings is 4. The molecule has 0 unspecified atom stereocenters.